The number of carbonyl (C=O) groups is 2. The number of rotatable bonds is 9. The van der Waals surface area contributed by atoms with Crippen molar-refractivity contribution >= 4 is 40.2 Å². The smallest absolute Gasteiger partial charge is 0.356 e. The topological polar surface area (TPSA) is 138 Å². The Morgan fingerprint density at radius 2 is 1.73 bits per heavy atom. The maximum absolute atomic E-state index is 13.4. The third kappa shape index (κ3) is 5.53. The molecule has 12 heteroatoms. The molecule has 0 radical (unpaired) electrons. The summed E-state index contributed by atoms with van der Waals surface area (Å²) in [4.78, 5) is 50.8. The first-order chi connectivity index (χ1) is 19.5. The van der Waals surface area contributed by atoms with Crippen molar-refractivity contribution in [3.8, 4) is 5.75 Å². The third-order valence-corrected chi connectivity index (χ3v) is 7.28. The van der Waals surface area contributed by atoms with E-state index in [1.54, 1.807) is 52.0 Å². The number of ether oxygens (including phenoxy) is 3. The standard InChI is InChI=1S/C29H27ClN2O9/c1-5-38-27(34)24-17(3)31(16-40-21-12-10-18-11-13-23(33)41-22(18)15-21)25(28(35)39-6-2)26(30)29(24,4)19-8-7-9-20(14-19)32(36)37/h7-15H,5-6,16H2,1-4H3. The lowest BCUT2D eigenvalue weighted by molar-refractivity contribution is -0.384. The Labute approximate surface area is 239 Å². The van der Waals surface area contributed by atoms with E-state index >= 15 is 0 Å². The second-order valence-corrected chi connectivity index (χ2v) is 9.53. The van der Waals surface area contributed by atoms with Crippen LogP contribution >= 0.6 is 11.6 Å². The minimum absolute atomic E-state index is 0.0337. The lowest BCUT2D eigenvalue weighted by Crippen LogP contribution is -2.44. The van der Waals surface area contributed by atoms with Crippen molar-refractivity contribution in [2.24, 2.45) is 0 Å². The van der Waals surface area contributed by atoms with Crippen molar-refractivity contribution < 1.29 is 33.1 Å². The Bertz CT molecular complexity index is 1660. The highest BCUT2D eigenvalue weighted by molar-refractivity contribution is 6.34. The molecule has 1 unspecified atom stereocenters. The Kier molecular flexibility index (Phi) is 8.48. The van der Waals surface area contributed by atoms with Crippen molar-refractivity contribution in [1.29, 1.82) is 0 Å². The largest absolute Gasteiger partial charge is 0.473 e. The number of carbonyl (C=O) groups excluding carboxylic acids is 2. The number of hydrogen-bond acceptors (Lipinski definition) is 10. The van der Waals surface area contributed by atoms with E-state index in [4.69, 9.17) is 30.2 Å². The van der Waals surface area contributed by atoms with Crippen molar-refractivity contribution in [2.45, 2.75) is 33.1 Å². The van der Waals surface area contributed by atoms with Crippen LogP contribution in [0.4, 0.5) is 5.69 Å². The summed E-state index contributed by atoms with van der Waals surface area (Å²) in [5.74, 6) is -1.20. The third-order valence-electron chi connectivity index (χ3n) is 6.72. The van der Waals surface area contributed by atoms with E-state index in [1.165, 1.54) is 35.2 Å². The van der Waals surface area contributed by atoms with Crippen LogP contribution in [-0.2, 0) is 24.5 Å². The summed E-state index contributed by atoms with van der Waals surface area (Å²) in [7, 11) is 0. The highest BCUT2D eigenvalue weighted by Crippen LogP contribution is 2.49. The summed E-state index contributed by atoms with van der Waals surface area (Å²) in [6, 6.07) is 13.5. The first-order valence-corrected chi connectivity index (χ1v) is 13.1. The SMILES string of the molecule is CCOC(=O)C1=C(Cl)C(C)(c2cccc([N+](=O)[O-])c2)C(C(=O)OCC)=C(C)N1COc1ccc2ccc(=O)oc2c1. The van der Waals surface area contributed by atoms with Crippen LogP contribution in [0, 0.1) is 10.1 Å². The van der Waals surface area contributed by atoms with Crippen LogP contribution in [-0.4, -0.2) is 41.7 Å². The second kappa shape index (κ2) is 11.8. The highest BCUT2D eigenvalue weighted by Gasteiger charge is 2.49. The highest BCUT2D eigenvalue weighted by atomic mass is 35.5. The van der Waals surface area contributed by atoms with Gasteiger partial charge >= 0.3 is 17.6 Å². The average Bonchev–Trinajstić information content (AvgIpc) is 2.94. The number of benzene rings is 2. The second-order valence-electron chi connectivity index (χ2n) is 9.15. The molecule has 0 saturated heterocycles. The maximum Gasteiger partial charge on any atom is 0.356 e. The molecule has 0 amide bonds. The quantitative estimate of drug-likeness (QED) is 0.144. The number of fused-ring (bicyclic) bond motifs is 1. The molecule has 0 spiro atoms. The van der Waals surface area contributed by atoms with Crippen LogP contribution in [0.5, 0.6) is 5.75 Å². The molecule has 0 N–H and O–H groups in total. The van der Waals surface area contributed by atoms with Gasteiger partial charge in [-0.2, -0.15) is 0 Å². The Hall–Kier alpha value is -4.64. The van der Waals surface area contributed by atoms with Crippen molar-refractivity contribution in [3.05, 3.63) is 103 Å². The zero-order chi connectivity index (χ0) is 29.9. The van der Waals surface area contributed by atoms with Crippen molar-refractivity contribution in [3.63, 3.8) is 0 Å². The van der Waals surface area contributed by atoms with E-state index in [1.807, 2.05) is 0 Å². The van der Waals surface area contributed by atoms with Crippen LogP contribution in [0.25, 0.3) is 11.0 Å². The molecule has 1 aliphatic rings. The number of allylic oxidation sites excluding steroid dienone is 2. The normalized spacial score (nSPS) is 17.0. The van der Waals surface area contributed by atoms with Crippen LogP contribution in [0.15, 0.2) is 85.8 Å². The Morgan fingerprint density at radius 1 is 1.05 bits per heavy atom. The van der Waals surface area contributed by atoms with Gasteiger partial charge in [0.15, 0.2) is 6.73 Å². The van der Waals surface area contributed by atoms with Gasteiger partial charge in [-0.15, -0.1) is 0 Å². The number of nitrogens with zero attached hydrogens (tertiary/aromatic N) is 2. The molecule has 4 rings (SSSR count). The number of non-ortho nitro benzene ring substituents is 1. The number of esters is 2. The van der Waals surface area contributed by atoms with Gasteiger partial charge in [-0.25, -0.2) is 14.4 Å². The lowest BCUT2D eigenvalue weighted by atomic mass is 9.72. The molecule has 0 aliphatic carbocycles. The van der Waals surface area contributed by atoms with E-state index < -0.39 is 27.9 Å². The number of nitro groups is 1. The monoisotopic (exact) mass is 582 g/mol. The predicted molar refractivity (Wildman–Crippen MR) is 149 cm³/mol. The van der Waals surface area contributed by atoms with Crippen LogP contribution in [0.1, 0.15) is 33.3 Å². The summed E-state index contributed by atoms with van der Waals surface area (Å²) >= 11 is 6.98. The zero-order valence-corrected chi connectivity index (χ0v) is 23.5. The fraction of sp³-hybridized carbons (Fsp3) is 0.276. The summed E-state index contributed by atoms with van der Waals surface area (Å²) in [6.07, 6.45) is 0. The van der Waals surface area contributed by atoms with Crippen LogP contribution in [0.3, 0.4) is 0 Å². The van der Waals surface area contributed by atoms with Crippen molar-refractivity contribution in [2.75, 3.05) is 19.9 Å². The van der Waals surface area contributed by atoms with Gasteiger partial charge in [-0.1, -0.05) is 23.7 Å². The van der Waals surface area contributed by atoms with Gasteiger partial charge in [0.2, 0.25) is 0 Å². The molecular formula is C29H27ClN2O9. The molecule has 214 valence electrons. The molecule has 11 nitrogen and oxygen atoms in total. The molecule has 0 fully saturated rings. The molecule has 3 aromatic rings. The number of hydrogen-bond donors (Lipinski definition) is 0. The predicted octanol–water partition coefficient (Wildman–Crippen LogP) is 5.16. The van der Waals surface area contributed by atoms with E-state index in [-0.39, 0.29) is 47.6 Å². The van der Waals surface area contributed by atoms with Gasteiger partial charge in [0.1, 0.15) is 17.0 Å². The summed E-state index contributed by atoms with van der Waals surface area (Å²) < 4.78 is 21.9. The summed E-state index contributed by atoms with van der Waals surface area (Å²) in [5, 5.41) is 12.1. The van der Waals surface area contributed by atoms with Gasteiger partial charge in [-0.05, 0) is 51.5 Å². The Morgan fingerprint density at radius 3 is 2.41 bits per heavy atom. The summed E-state index contributed by atoms with van der Waals surface area (Å²) in [5.41, 5.74) is -1.46. The lowest BCUT2D eigenvalue weighted by Gasteiger charge is -2.42. The molecule has 0 saturated carbocycles. The number of halogens is 1. The molecule has 1 aliphatic heterocycles. The van der Waals surface area contributed by atoms with Crippen LogP contribution in [0.2, 0.25) is 0 Å². The minimum Gasteiger partial charge on any atom is -0.473 e. The molecule has 2 heterocycles. The van der Waals surface area contributed by atoms with Crippen molar-refractivity contribution in [1.82, 2.24) is 4.90 Å². The van der Waals surface area contributed by atoms with E-state index in [2.05, 4.69) is 0 Å². The van der Waals surface area contributed by atoms with E-state index in [0.29, 0.717) is 22.3 Å². The Balaban J connectivity index is 1.87. The number of nitro benzene ring substituents is 1. The first kappa shape index (κ1) is 29.3. The van der Waals surface area contributed by atoms with Gasteiger partial charge in [0, 0.05) is 35.3 Å². The van der Waals surface area contributed by atoms with Gasteiger partial charge < -0.3 is 23.5 Å². The average molecular weight is 583 g/mol. The van der Waals surface area contributed by atoms with E-state index in [9.17, 15) is 24.5 Å². The first-order valence-electron chi connectivity index (χ1n) is 12.7. The van der Waals surface area contributed by atoms with Gasteiger partial charge in [0.05, 0.1) is 34.2 Å². The molecule has 1 atom stereocenters. The zero-order valence-electron chi connectivity index (χ0n) is 22.8. The molecule has 1 aromatic heterocycles. The fourth-order valence-electron chi connectivity index (χ4n) is 4.72. The minimum atomic E-state index is -1.52. The van der Waals surface area contributed by atoms with Gasteiger partial charge in [-0.3, -0.25) is 10.1 Å². The molecule has 0 bridgehead atoms. The van der Waals surface area contributed by atoms with Gasteiger partial charge in [0.25, 0.3) is 5.69 Å². The molecule has 2 aromatic carbocycles. The molecule has 41 heavy (non-hydrogen) atoms. The van der Waals surface area contributed by atoms with Crippen LogP contribution < -0.4 is 10.4 Å². The molecular weight excluding hydrogens is 556 g/mol. The fourth-order valence-corrected chi connectivity index (χ4v) is 5.10. The maximum atomic E-state index is 13.4. The summed E-state index contributed by atoms with van der Waals surface area (Å²) in [6.45, 7) is 6.23. The van der Waals surface area contributed by atoms with E-state index in [0.717, 1.165) is 0 Å².